The molecule has 0 bridgehead atoms. The van der Waals surface area contributed by atoms with Crippen molar-refractivity contribution in [2.24, 2.45) is 4.99 Å². The van der Waals surface area contributed by atoms with Crippen LogP contribution < -0.4 is 10.6 Å². The van der Waals surface area contributed by atoms with Gasteiger partial charge in [0.15, 0.2) is 5.96 Å². The number of guanidine groups is 1. The Kier molecular flexibility index (Phi) is 9.08. The Morgan fingerprint density at radius 1 is 1.27 bits per heavy atom. The summed E-state index contributed by atoms with van der Waals surface area (Å²) in [4.78, 5) is 4.09. The number of benzene rings is 1. The molecule has 1 aromatic rings. The third-order valence-corrected chi connectivity index (χ3v) is 4.13. The Hall–Kier alpha value is -1.10. The zero-order valence-electron chi connectivity index (χ0n) is 14.5. The van der Waals surface area contributed by atoms with Gasteiger partial charge in [-0.25, -0.2) is 4.39 Å². The molecular formula is C17H24F4IN3O. The number of halogens is 5. The van der Waals surface area contributed by atoms with Crippen LogP contribution in [0.3, 0.4) is 0 Å². The molecule has 4 nitrogen and oxygen atoms in total. The summed E-state index contributed by atoms with van der Waals surface area (Å²) in [7, 11) is 1.62. The van der Waals surface area contributed by atoms with Gasteiger partial charge in [0.25, 0.3) is 0 Å². The fourth-order valence-electron chi connectivity index (χ4n) is 2.58. The summed E-state index contributed by atoms with van der Waals surface area (Å²) in [5, 5.41) is 6.23. The van der Waals surface area contributed by atoms with Gasteiger partial charge >= 0.3 is 6.18 Å². The highest BCUT2D eigenvalue weighted by Gasteiger charge is 2.44. The molecule has 1 aromatic carbocycles. The molecule has 1 aliphatic carbocycles. The van der Waals surface area contributed by atoms with Crippen LogP contribution in [0.25, 0.3) is 0 Å². The van der Waals surface area contributed by atoms with E-state index >= 15 is 0 Å². The lowest BCUT2D eigenvalue weighted by Crippen LogP contribution is -2.41. The summed E-state index contributed by atoms with van der Waals surface area (Å²) in [5.41, 5.74) is 0.895. The van der Waals surface area contributed by atoms with Gasteiger partial charge in [-0.05, 0) is 37.0 Å². The van der Waals surface area contributed by atoms with Gasteiger partial charge in [-0.3, -0.25) is 4.99 Å². The molecule has 0 aliphatic heterocycles. The zero-order chi connectivity index (χ0) is 18.3. The van der Waals surface area contributed by atoms with Gasteiger partial charge in [0.1, 0.15) is 12.4 Å². The van der Waals surface area contributed by atoms with Crippen molar-refractivity contribution in [3.05, 3.63) is 35.6 Å². The molecule has 0 amide bonds. The van der Waals surface area contributed by atoms with Gasteiger partial charge < -0.3 is 15.4 Å². The SMILES string of the molecule is CN=C(NCCCOCC(F)(F)F)NCC1(c2cccc(F)c2)CC1.I. The predicted octanol–water partition coefficient (Wildman–Crippen LogP) is 3.61. The lowest BCUT2D eigenvalue weighted by molar-refractivity contribution is -0.173. The van der Waals surface area contributed by atoms with E-state index in [4.69, 9.17) is 0 Å². The average molecular weight is 489 g/mol. The smallest absolute Gasteiger partial charge is 0.372 e. The summed E-state index contributed by atoms with van der Waals surface area (Å²) >= 11 is 0. The number of nitrogens with zero attached hydrogens (tertiary/aromatic N) is 1. The number of rotatable bonds is 8. The van der Waals surface area contributed by atoms with Crippen molar-refractivity contribution in [2.75, 3.05) is 33.4 Å². The Morgan fingerprint density at radius 3 is 2.58 bits per heavy atom. The molecule has 2 rings (SSSR count). The number of hydrogen-bond acceptors (Lipinski definition) is 2. The standard InChI is InChI=1S/C17H23F4N3O.HI/c1-22-15(23-8-3-9-25-12-17(19,20)21)24-11-16(6-7-16)13-4-2-5-14(18)10-13;/h2,4-5,10H,3,6-9,11-12H2,1H3,(H2,22,23,24);1H. The quantitative estimate of drug-likeness (QED) is 0.193. The molecule has 0 atom stereocenters. The van der Waals surface area contributed by atoms with Gasteiger partial charge in [-0.15, -0.1) is 24.0 Å². The Balaban J connectivity index is 0.00000338. The van der Waals surface area contributed by atoms with Crippen molar-refractivity contribution in [2.45, 2.75) is 30.9 Å². The first kappa shape index (κ1) is 22.9. The van der Waals surface area contributed by atoms with Crippen LogP contribution in [0.5, 0.6) is 0 Å². The lowest BCUT2D eigenvalue weighted by atomic mass is 9.96. The molecule has 0 spiro atoms. The molecule has 1 aliphatic rings. The van der Waals surface area contributed by atoms with Gasteiger partial charge in [0, 0.05) is 32.2 Å². The molecule has 0 radical (unpaired) electrons. The van der Waals surface area contributed by atoms with Crippen LogP contribution in [0.1, 0.15) is 24.8 Å². The number of nitrogens with one attached hydrogen (secondary N) is 2. The highest BCUT2D eigenvalue weighted by Crippen LogP contribution is 2.47. The van der Waals surface area contributed by atoms with Crippen molar-refractivity contribution in [3.8, 4) is 0 Å². The fraction of sp³-hybridized carbons (Fsp3) is 0.588. The van der Waals surface area contributed by atoms with E-state index in [0.29, 0.717) is 25.5 Å². The second-order valence-electron chi connectivity index (χ2n) is 6.16. The molecule has 1 fully saturated rings. The van der Waals surface area contributed by atoms with Crippen LogP contribution in [0, 0.1) is 5.82 Å². The summed E-state index contributed by atoms with van der Waals surface area (Å²) in [6.07, 6.45) is -1.90. The molecule has 0 unspecified atom stereocenters. The van der Waals surface area contributed by atoms with Crippen molar-refractivity contribution in [1.82, 2.24) is 10.6 Å². The van der Waals surface area contributed by atoms with Crippen LogP contribution >= 0.6 is 24.0 Å². The maximum atomic E-state index is 13.4. The molecular weight excluding hydrogens is 465 g/mol. The average Bonchev–Trinajstić information content (AvgIpc) is 3.34. The lowest BCUT2D eigenvalue weighted by Gasteiger charge is -2.19. The Labute approximate surface area is 167 Å². The summed E-state index contributed by atoms with van der Waals surface area (Å²) < 4.78 is 53.8. The zero-order valence-corrected chi connectivity index (χ0v) is 16.9. The van der Waals surface area contributed by atoms with Gasteiger partial charge in [0.2, 0.25) is 0 Å². The van der Waals surface area contributed by atoms with Crippen molar-refractivity contribution < 1.29 is 22.3 Å². The number of aliphatic imine (C=N–C) groups is 1. The fourth-order valence-corrected chi connectivity index (χ4v) is 2.58. The molecule has 1 saturated carbocycles. The highest BCUT2D eigenvalue weighted by molar-refractivity contribution is 14.0. The molecule has 2 N–H and O–H groups in total. The van der Waals surface area contributed by atoms with Crippen LogP contribution in [0.2, 0.25) is 0 Å². The largest absolute Gasteiger partial charge is 0.411 e. The minimum atomic E-state index is -4.29. The first-order chi connectivity index (χ1) is 11.8. The maximum absolute atomic E-state index is 13.4. The first-order valence-electron chi connectivity index (χ1n) is 8.20. The predicted molar refractivity (Wildman–Crippen MR) is 104 cm³/mol. The van der Waals surface area contributed by atoms with Crippen LogP contribution in [-0.4, -0.2) is 45.5 Å². The van der Waals surface area contributed by atoms with Gasteiger partial charge in [-0.1, -0.05) is 12.1 Å². The van der Waals surface area contributed by atoms with E-state index in [2.05, 4.69) is 20.4 Å². The monoisotopic (exact) mass is 489 g/mol. The Morgan fingerprint density at radius 2 is 2.00 bits per heavy atom. The highest BCUT2D eigenvalue weighted by atomic mass is 127. The van der Waals surface area contributed by atoms with Crippen molar-refractivity contribution in [3.63, 3.8) is 0 Å². The first-order valence-corrected chi connectivity index (χ1v) is 8.20. The van der Waals surface area contributed by atoms with Crippen LogP contribution in [0.4, 0.5) is 17.6 Å². The molecule has 26 heavy (non-hydrogen) atoms. The second kappa shape index (κ2) is 10.3. The number of ether oxygens (including phenoxy) is 1. The minimum absolute atomic E-state index is 0. The van der Waals surface area contributed by atoms with E-state index in [9.17, 15) is 17.6 Å². The molecule has 0 heterocycles. The molecule has 0 aromatic heterocycles. The summed E-state index contributed by atoms with van der Waals surface area (Å²) in [6.45, 7) is -0.127. The topological polar surface area (TPSA) is 45.7 Å². The summed E-state index contributed by atoms with van der Waals surface area (Å²) in [6, 6.07) is 6.61. The molecule has 0 saturated heterocycles. The third kappa shape index (κ3) is 7.65. The second-order valence-corrected chi connectivity index (χ2v) is 6.16. The van der Waals surface area contributed by atoms with E-state index < -0.39 is 12.8 Å². The third-order valence-electron chi connectivity index (χ3n) is 4.13. The molecule has 9 heteroatoms. The van der Waals surface area contributed by atoms with Gasteiger partial charge in [-0.2, -0.15) is 13.2 Å². The maximum Gasteiger partial charge on any atom is 0.411 e. The van der Waals surface area contributed by atoms with Gasteiger partial charge in [0.05, 0.1) is 0 Å². The van der Waals surface area contributed by atoms with E-state index in [1.165, 1.54) is 6.07 Å². The van der Waals surface area contributed by atoms with E-state index in [1.807, 2.05) is 6.07 Å². The van der Waals surface area contributed by atoms with Crippen LogP contribution in [-0.2, 0) is 10.2 Å². The number of alkyl halides is 3. The van der Waals surface area contributed by atoms with E-state index in [1.54, 1.807) is 19.2 Å². The van der Waals surface area contributed by atoms with E-state index in [0.717, 1.165) is 18.4 Å². The summed E-state index contributed by atoms with van der Waals surface area (Å²) in [5.74, 6) is 0.323. The minimum Gasteiger partial charge on any atom is -0.372 e. The van der Waals surface area contributed by atoms with Crippen molar-refractivity contribution >= 4 is 29.9 Å². The van der Waals surface area contributed by atoms with Crippen LogP contribution in [0.15, 0.2) is 29.3 Å². The molecule has 148 valence electrons. The van der Waals surface area contributed by atoms with E-state index in [-0.39, 0.29) is 41.8 Å². The normalized spacial score (nSPS) is 16.0. The Bertz CT molecular complexity index is 592. The number of hydrogen-bond donors (Lipinski definition) is 2. The van der Waals surface area contributed by atoms with Crippen molar-refractivity contribution in [1.29, 1.82) is 0 Å².